The van der Waals surface area contributed by atoms with Gasteiger partial charge in [0.15, 0.2) is 5.96 Å². The van der Waals surface area contributed by atoms with E-state index in [4.69, 9.17) is 4.74 Å². The van der Waals surface area contributed by atoms with Crippen molar-refractivity contribution in [2.75, 3.05) is 26.7 Å². The van der Waals surface area contributed by atoms with Gasteiger partial charge in [0.1, 0.15) is 0 Å². The zero-order valence-corrected chi connectivity index (χ0v) is 18.6. The molecular formula is C25H34N4O2. The molecule has 31 heavy (non-hydrogen) atoms. The summed E-state index contributed by atoms with van der Waals surface area (Å²) < 4.78 is 5.93. The number of guanidine groups is 1. The number of benzene rings is 2. The molecule has 2 N–H and O–H groups in total. The summed E-state index contributed by atoms with van der Waals surface area (Å²) in [5.74, 6) is 1.02. The lowest BCUT2D eigenvalue weighted by atomic mass is 10.1. The molecule has 0 aromatic heterocycles. The molecule has 1 aliphatic heterocycles. The van der Waals surface area contributed by atoms with Crippen LogP contribution in [0.1, 0.15) is 49.0 Å². The maximum Gasteiger partial charge on any atom is 0.222 e. The third-order valence-corrected chi connectivity index (χ3v) is 5.57. The van der Waals surface area contributed by atoms with Crippen molar-refractivity contribution in [3.8, 4) is 0 Å². The maximum atomic E-state index is 12.0. The number of carbonyl (C=O) groups excluding carboxylic acids is 1. The summed E-state index contributed by atoms with van der Waals surface area (Å²) in [7, 11) is 1.78. The van der Waals surface area contributed by atoms with Crippen LogP contribution in [0, 0.1) is 0 Å². The van der Waals surface area contributed by atoms with Gasteiger partial charge in [0, 0.05) is 46.3 Å². The molecule has 166 valence electrons. The summed E-state index contributed by atoms with van der Waals surface area (Å²) in [6.45, 7) is 5.75. The molecule has 6 nitrogen and oxygen atoms in total. The van der Waals surface area contributed by atoms with E-state index in [1.54, 1.807) is 7.05 Å². The van der Waals surface area contributed by atoms with Gasteiger partial charge in [-0.1, -0.05) is 54.6 Å². The van der Waals surface area contributed by atoms with Crippen LogP contribution in [0.5, 0.6) is 0 Å². The molecule has 2 aromatic carbocycles. The van der Waals surface area contributed by atoms with Crippen molar-refractivity contribution >= 4 is 11.9 Å². The molecule has 2 aromatic rings. The lowest BCUT2D eigenvalue weighted by Gasteiger charge is -2.19. The van der Waals surface area contributed by atoms with Crippen LogP contribution in [0.4, 0.5) is 0 Å². The fourth-order valence-corrected chi connectivity index (χ4v) is 3.72. The van der Waals surface area contributed by atoms with E-state index in [1.165, 1.54) is 16.7 Å². The third kappa shape index (κ3) is 7.10. The van der Waals surface area contributed by atoms with Gasteiger partial charge in [-0.2, -0.15) is 0 Å². The maximum absolute atomic E-state index is 12.0. The minimum Gasteiger partial charge on any atom is -0.374 e. The first-order valence-corrected chi connectivity index (χ1v) is 11.1. The Balaban J connectivity index is 1.39. The summed E-state index contributed by atoms with van der Waals surface area (Å²) in [6, 6.07) is 18.5. The quantitative estimate of drug-likeness (QED) is 0.349. The number of likely N-dealkylation sites (tertiary alicyclic amines) is 1. The molecule has 1 saturated heterocycles. The average molecular weight is 423 g/mol. The van der Waals surface area contributed by atoms with E-state index in [0.29, 0.717) is 26.1 Å². The van der Waals surface area contributed by atoms with Gasteiger partial charge in [-0.25, -0.2) is 0 Å². The minimum absolute atomic E-state index is 0.0950. The highest BCUT2D eigenvalue weighted by Crippen LogP contribution is 2.17. The van der Waals surface area contributed by atoms with E-state index in [-0.39, 0.29) is 12.0 Å². The standard InChI is InChI=1S/C25H34N4O2/c1-20(21-10-4-3-5-11-21)31-17-9-15-27-25(26-2)28-18-22-12-6-7-13-23(22)19-29-16-8-14-24(29)30/h3-7,10-13,20H,8-9,14-19H2,1-2H3,(H2,26,27,28). The Morgan fingerprint density at radius 1 is 1.10 bits per heavy atom. The molecule has 3 rings (SSSR count). The summed E-state index contributed by atoms with van der Waals surface area (Å²) in [4.78, 5) is 18.2. The molecule has 1 aliphatic rings. The zero-order valence-electron chi connectivity index (χ0n) is 18.6. The van der Waals surface area contributed by atoms with Crippen molar-refractivity contribution in [1.82, 2.24) is 15.5 Å². The van der Waals surface area contributed by atoms with Crippen LogP contribution in [0.2, 0.25) is 0 Å². The van der Waals surface area contributed by atoms with Gasteiger partial charge in [-0.3, -0.25) is 9.79 Å². The van der Waals surface area contributed by atoms with E-state index in [9.17, 15) is 4.79 Å². The Kier molecular flexibility index (Phi) is 8.91. The second-order valence-corrected chi connectivity index (χ2v) is 7.82. The largest absolute Gasteiger partial charge is 0.374 e. The number of ether oxygens (including phenoxy) is 1. The van der Waals surface area contributed by atoms with Crippen molar-refractivity contribution in [3.05, 3.63) is 71.3 Å². The molecular weight excluding hydrogens is 388 g/mol. The molecule has 0 aliphatic carbocycles. The molecule has 0 spiro atoms. The normalized spacial score (nSPS) is 15.2. The van der Waals surface area contributed by atoms with Crippen LogP contribution in [0.15, 0.2) is 59.6 Å². The van der Waals surface area contributed by atoms with E-state index in [0.717, 1.165) is 31.9 Å². The third-order valence-electron chi connectivity index (χ3n) is 5.57. The number of nitrogens with one attached hydrogen (secondary N) is 2. The first-order valence-electron chi connectivity index (χ1n) is 11.1. The van der Waals surface area contributed by atoms with Crippen LogP contribution >= 0.6 is 0 Å². The van der Waals surface area contributed by atoms with Crippen LogP contribution in [0.25, 0.3) is 0 Å². The molecule has 0 saturated carbocycles. The second kappa shape index (κ2) is 12.1. The van der Waals surface area contributed by atoms with Crippen molar-refractivity contribution in [3.63, 3.8) is 0 Å². The van der Waals surface area contributed by atoms with Gasteiger partial charge < -0.3 is 20.3 Å². The number of rotatable bonds is 10. The van der Waals surface area contributed by atoms with E-state index < -0.39 is 0 Å². The Bertz CT molecular complexity index is 854. The summed E-state index contributed by atoms with van der Waals surface area (Å²) in [5.41, 5.74) is 3.57. The first kappa shape index (κ1) is 22.8. The lowest BCUT2D eigenvalue weighted by Crippen LogP contribution is -2.38. The van der Waals surface area contributed by atoms with Crippen LogP contribution in [0.3, 0.4) is 0 Å². The average Bonchev–Trinajstić information content (AvgIpc) is 3.21. The molecule has 1 heterocycles. The summed E-state index contributed by atoms with van der Waals surface area (Å²) >= 11 is 0. The monoisotopic (exact) mass is 422 g/mol. The number of aliphatic imine (C=N–C) groups is 1. The van der Waals surface area contributed by atoms with Gasteiger partial charge in [-0.15, -0.1) is 0 Å². The number of carbonyl (C=O) groups is 1. The fourth-order valence-electron chi connectivity index (χ4n) is 3.72. The van der Waals surface area contributed by atoms with Crippen molar-refractivity contribution in [1.29, 1.82) is 0 Å². The molecule has 1 unspecified atom stereocenters. The number of hydrogen-bond acceptors (Lipinski definition) is 3. The van der Waals surface area contributed by atoms with Gasteiger partial charge in [0.25, 0.3) is 0 Å². The highest BCUT2D eigenvalue weighted by Gasteiger charge is 2.20. The lowest BCUT2D eigenvalue weighted by molar-refractivity contribution is -0.128. The number of amides is 1. The van der Waals surface area contributed by atoms with E-state index in [2.05, 4.69) is 46.8 Å². The van der Waals surface area contributed by atoms with E-state index >= 15 is 0 Å². The Labute approximate surface area is 185 Å². The summed E-state index contributed by atoms with van der Waals surface area (Å²) in [6.07, 6.45) is 2.62. The van der Waals surface area contributed by atoms with Crippen LogP contribution < -0.4 is 10.6 Å². The predicted molar refractivity (Wildman–Crippen MR) is 125 cm³/mol. The van der Waals surface area contributed by atoms with Gasteiger partial charge in [0.2, 0.25) is 5.91 Å². The molecule has 0 radical (unpaired) electrons. The smallest absolute Gasteiger partial charge is 0.222 e. The molecule has 0 bridgehead atoms. The summed E-state index contributed by atoms with van der Waals surface area (Å²) in [5, 5.41) is 6.73. The van der Waals surface area contributed by atoms with E-state index in [1.807, 2.05) is 35.2 Å². The second-order valence-electron chi connectivity index (χ2n) is 7.82. The predicted octanol–water partition coefficient (Wildman–Crippen LogP) is 3.64. The SMILES string of the molecule is CN=C(NCCCOC(C)c1ccccc1)NCc1ccccc1CN1CCCC1=O. The highest BCUT2D eigenvalue weighted by molar-refractivity contribution is 5.79. The number of hydrogen-bond donors (Lipinski definition) is 2. The van der Waals surface area contributed by atoms with Crippen molar-refractivity contribution in [2.45, 2.75) is 45.4 Å². The minimum atomic E-state index is 0.0950. The first-order chi connectivity index (χ1) is 15.2. The fraction of sp³-hybridized carbons (Fsp3) is 0.440. The van der Waals surface area contributed by atoms with Crippen LogP contribution in [-0.4, -0.2) is 43.5 Å². The number of nitrogens with zero attached hydrogens (tertiary/aromatic N) is 2. The van der Waals surface area contributed by atoms with Crippen molar-refractivity contribution < 1.29 is 9.53 Å². The highest BCUT2D eigenvalue weighted by atomic mass is 16.5. The van der Waals surface area contributed by atoms with Crippen LogP contribution in [-0.2, 0) is 22.6 Å². The Morgan fingerprint density at radius 3 is 2.55 bits per heavy atom. The Morgan fingerprint density at radius 2 is 1.84 bits per heavy atom. The van der Waals surface area contributed by atoms with Crippen molar-refractivity contribution in [2.24, 2.45) is 4.99 Å². The molecule has 6 heteroatoms. The Hall–Kier alpha value is -2.86. The molecule has 1 fully saturated rings. The topological polar surface area (TPSA) is 66.0 Å². The molecule has 1 amide bonds. The van der Waals surface area contributed by atoms with Gasteiger partial charge in [0.05, 0.1) is 6.10 Å². The molecule has 1 atom stereocenters. The zero-order chi connectivity index (χ0) is 21.9. The van der Waals surface area contributed by atoms with Gasteiger partial charge >= 0.3 is 0 Å². The van der Waals surface area contributed by atoms with Gasteiger partial charge in [-0.05, 0) is 36.5 Å².